The zero-order chi connectivity index (χ0) is 18.8. The highest BCUT2D eigenvalue weighted by atomic mass is 35.5. The van der Waals surface area contributed by atoms with Gasteiger partial charge in [0.1, 0.15) is 12.2 Å². The normalized spacial score (nSPS) is 11.1. The highest BCUT2D eigenvalue weighted by Gasteiger charge is 2.24. The summed E-state index contributed by atoms with van der Waals surface area (Å²) in [6.45, 7) is -3.47. The van der Waals surface area contributed by atoms with Crippen molar-refractivity contribution in [2.45, 2.75) is 13.2 Å². The summed E-state index contributed by atoms with van der Waals surface area (Å²) in [6.07, 6.45) is 0. The van der Waals surface area contributed by atoms with Crippen LogP contribution in [0.15, 0.2) is 42.5 Å². The van der Waals surface area contributed by atoms with Crippen LogP contribution in [0.1, 0.15) is 22.7 Å². The van der Waals surface area contributed by atoms with Crippen molar-refractivity contribution in [3.63, 3.8) is 0 Å². The number of hydrogen-bond donors (Lipinski definition) is 0. The van der Waals surface area contributed by atoms with Crippen molar-refractivity contribution in [2.24, 2.45) is 0 Å². The van der Waals surface area contributed by atoms with Gasteiger partial charge in [0.2, 0.25) is 0 Å². The van der Waals surface area contributed by atoms with Crippen LogP contribution < -0.4 is 0 Å². The maximum absolute atomic E-state index is 13.3. The standard InChI is InChI=1S/C16H10ClF2N3O4/c17-9-5-6-12(22(24)25)10(7-9)15(23)26-8-14-20-11-3-1-2-4-13(11)21(14)16(18)19/h1-7,16H,8H2. The van der Waals surface area contributed by atoms with E-state index in [0.29, 0.717) is 10.1 Å². The lowest BCUT2D eigenvalue weighted by Gasteiger charge is -2.09. The first kappa shape index (κ1) is 17.7. The summed E-state index contributed by atoms with van der Waals surface area (Å²) in [5.74, 6) is -1.24. The third kappa shape index (κ3) is 3.33. The van der Waals surface area contributed by atoms with E-state index in [4.69, 9.17) is 16.3 Å². The number of halogens is 3. The van der Waals surface area contributed by atoms with Gasteiger partial charge in [-0.15, -0.1) is 0 Å². The Balaban J connectivity index is 1.89. The van der Waals surface area contributed by atoms with Crippen molar-refractivity contribution in [1.29, 1.82) is 0 Å². The molecular weight excluding hydrogens is 372 g/mol. The molecule has 0 aliphatic rings. The summed E-state index contributed by atoms with van der Waals surface area (Å²) in [4.78, 5) is 26.5. The molecule has 0 saturated heterocycles. The minimum atomic E-state index is -2.89. The molecule has 0 N–H and O–H groups in total. The number of ether oxygens (including phenoxy) is 1. The molecule has 3 rings (SSSR count). The topological polar surface area (TPSA) is 87.3 Å². The van der Waals surface area contributed by atoms with Crippen LogP contribution in [0, 0.1) is 10.1 Å². The van der Waals surface area contributed by atoms with E-state index in [2.05, 4.69) is 4.98 Å². The van der Waals surface area contributed by atoms with Gasteiger partial charge in [-0.05, 0) is 24.3 Å². The van der Waals surface area contributed by atoms with Crippen LogP contribution in [0.3, 0.4) is 0 Å². The van der Waals surface area contributed by atoms with Crippen molar-refractivity contribution < 1.29 is 23.2 Å². The van der Waals surface area contributed by atoms with E-state index in [1.54, 1.807) is 18.2 Å². The first-order chi connectivity index (χ1) is 12.4. The number of hydrogen-bond acceptors (Lipinski definition) is 5. The van der Waals surface area contributed by atoms with E-state index in [0.717, 1.165) is 12.1 Å². The Labute approximate surface area is 149 Å². The van der Waals surface area contributed by atoms with Crippen LogP contribution in [-0.4, -0.2) is 20.4 Å². The van der Waals surface area contributed by atoms with E-state index >= 15 is 0 Å². The number of esters is 1. The number of nitro groups is 1. The molecule has 0 aliphatic heterocycles. The fourth-order valence-electron chi connectivity index (χ4n) is 2.45. The number of nitro benzene ring substituents is 1. The Hall–Kier alpha value is -3.07. The van der Waals surface area contributed by atoms with Crippen molar-refractivity contribution in [2.75, 3.05) is 0 Å². The minimum Gasteiger partial charge on any atom is -0.454 e. The average Bonchev–Trinajstić information content (AvgIpc) is 2.97. The van der Waals surface area contributed by atoms with E-state index < -0.39 is 29.7 Å². The van der Waals surface area contributed by atoms with Gasteiger partial charge in [-0.25, -0.2) is 9.78 Å². The smallest absolute Gasteiger partial charge is 0.345 e. The number of carbonyl (C=O) groups excluding carboxylic acids is 1. The van der Waals surface area contributed by atoms with Crippen molar-refractivity contribution >= 4 is 34.3 Å². The zero-order valence-electron chi connectivity index (χ0n) is 12.9. The third-order valence-corrected chi connectivity index (χ3v) is 3.81. The van der Waals surface area contributed by atoms with E-state index in [9.17, 15) is 23.7 Å². The molecule has 0 unspecified atom stereocenters. The maximum Gasteiger partial charge on any atom is 0.345 e. The molecule has 26 heavy (non-hydrogen) atoms. The second-order valence-corrected chi connectivity index (χ2v) is 5.60. The first-order valence-electron chi connectivity index (χ1n) is 7.23. The maximum atomic E-state index is 13.3. The van der Waals surface area contributed by atoms with Gasteiger partial charge in [0, 0.05) is 11.1 Å². The first-order valence-corrected chi connectivity index (χ1v) is 7.61. The largest absolute Gasteiger partial charge is 0.454 e. The van der Waals surface area contributed by atoms with Crippen LogP contribution in [0.5, 0.6) is 0 Å². The molecule has 0 spiro atoms. The molecule has 0 amide bonds. The SMILES string of the molecule is O=C(OCc1nc2ccccc2n1C(F)F)c1cc(Cl)ccc1[N+](=O)[O-]. The number of para-hydroxylation sites is 2. The summed E-state index contributed by atoms with van der Waals surface area (Å²) in [5.41, 5.74) is -0.376. The second-order valence-electron chi connectivity index (χ2n) is 5.16. The van der Waals surface area contributed by atoms with E-state index in [1.165, 1.54) is 12.1 Å². The zero-order valence-corrected chi connectivity index (χ0v) is 13.7. The quantitative estimate of drug-likeness (QED) is 0.372. The summed E-state index contributed by atoms with van der Waals surface area (Å²) in [5, 5.41) is 11.1. The highest BCUT2D eigenvalue weighted by molar-refractivity contribution is 6.31. The monoisotopic (exact) mass is 381 g/mol. The molecular formula is C16H10ClF2N3O4. The Kier molecular flexibility index (Phi) is 4.81. The van der Waals surface area contributed by atoms with Gasteiger partial charge < -0.3 is 4.74 Å². The number of aromatic nitrogens is 2. The second kappa shape index (κ2) is 7.04. The summed E-state index contributed by atoms with van der Waals surface area (Å²) in [7, 11) is 0. The minimum absolute atomic E-state index is 0.0994. The molecule has 0 fully saturated rings. The molecule has 1 heterocycles. The molecule has 10 heteroatoms. The Morgan fingerprint density at radius 3 is 2.73 bits per heavy atom. The van der Waals surface area contributed by atoms with Gasteiger partial charge in [-0.2, -0.15) is 8.78 Å². The van der Waals surface area contributed by atoms with Gasteiger partial charge in [-0.3, -0.25) is 14.7 Å². The molecule has 0 radical (unpaired) electrons. The summed E-state index contributed by atoms with van der Waals surface area (Å²) >= 11 is 5.76. The van der Waals surface area contributed by atoms with Crippen molar-refractivity contribution in [3.8, 4) is 0 Å². The Morgan fingerprint density at radius 1 is 1.31 bits per heavy atom. The number of benzene rings is 2. The predicted molar refractivity (Wildman–Crippen MR) is 88.2 cm³/mol. The lowest BCUT2D eigenvalue weighted by atomic mass is 10.2. The predicted octanol–water partition coefficient (Wildman–Crippen LogP) is 4.35. The van der Waals surface area contributed by atoms with E-state index in [-0.39, 0.29) is 21.9 Å². The molecule has 2 aromatic carbocycles. The molecule has 3 aromatic rings. The molecule has 0 bridgehead atoms. The lowest BCUT2D eigenvalue weighted by molar-refractivity contribution is -0.385. The third-order valence-electron chi connectivity index (χ3n) is 3.57. The van der Waals surface area contributed by atoms with Crippen LogP contribution >= 0.6 is 11.6 Å². The Bertz CT molecular complexity index is 1010. The average molecular weight is 382 g/mol. The summed E-state index contributed by atoms with van der Waals surface area (Å²) in [6, 6.07) is 9.62. The molecule has 7 nitrogen and oxygen atoms in total. The highest BCUT2D eigenvalue weighted by Crippen LogP contribution is 2.26. The van der Waals surface area contributed by atoms with Gasteiger partial charge in [0.05, 0.1) is 16.0 Å². The number of nitrogens with zero attached hydrogens (tertiary/aromatic N) is 3. The molecule has 134 valence electrons. The molecule has 1 aromatic heterocycles. The van der Waals surface area contributed by atoms with E-state index in [1.807, 2.05) is 0 Å². The number of alkyl halides is 2. The number of rotatable bonds is 5. The number of carbonyl (C=O) groups is 1. The van der Waals surface area contributed by atoms with Crippen LogP contribution in [-0.2, 0) is 11.3 Å². The fraction of sp³-hybridized carbons (Fsp3) is 0.125. The van der Waals surface area contributed by atoms with Gasteiger partial charge in [-0.1, -0.05) is 23.7 Å². The van der Waals surface area contributed by atoms with Gasteiger partial charge in [0.25, 0.3) is 5.69 Å². The summed E-state index contributed by atoms with van der Waals surface area (Å²) < 4.78 is 32.3. The van der Waals surface area contributed by atoms with Crippen LogP contribution in [0.2, 0.25) is 5.02 Å². The van der Waals surface area contributed by atoms with Crippen LogP contribution in [0.4, 0.5) is 14.5 Å². The van der Waals surface area contributed by atoms with Crippen molar-refractivity contribution in [3.05, 3.63) is 69.0 Å². The Morgan fingerprint density at radius 2 is 2.04 bits per heavy atom. The number of imidazole rings is 1. The molecule has 0 saturated carbocycles. The lowest BCUT2D eigenvalue weighted by Crippen LogP contribution is -2.12. The van der Waals surface area contributed by atoms with Crippen molar-refractivity contribution in [1.82, 2.24) is 9.55 Å². The number of fused-ring (bicyclic) bond motifs is 1. The fourth-order valence-corrected chi connectivity index (χ4v) is 2.62. The molecule has 0 atom stereocenters. The van der Waals surface area contributed by atoms with Gasteiger partial charge in [0.15, 0.2) is 5.82 Å². The van der Waals surface area contributed by atoms with Crippen LogP contribution in [0.25, 0.3) is 11.0 Å². The molecule has 0 aliphatic carbocycles. The van der Waals surface area contributed by atoms with Gasteiger partial charge >= 0.3 is 12.5 Å².